The van der Waals surface area contributed by atoms with Crippen LogP contribution in [0.3, 0.4) is 0 Å². The number of ether oxygens (including phenoxy) is 2. The molecule has 1 saturated heterocycles. The number of pyridine rings is 1. The Morgan fingerprint density at radius 2 is 2.07 bits per heavy atom. The molecule has 1 amide bonds. The maximum absolute atomic E-state index is 12.6. The maximum Gasteiger partial charge on any atom is 0.255 e. The Balaban J connectivity index is 1.41. The lowest BCUT2D eigenvalue weighted by molar-refractivity contribution is 0.0302. The first-order valence-electron chi connectivity index (χ1n) is 9.72. The molecule has 4 rings (SSSR count). The number of carbonyl (C=O) groups excluding carboxylic acids is 1. The van der Waals surface area contributed by atoms with E-state index >= 15 is 0 Å². The van der Waals surface area contributed by atoms with Crippen molar-refractivity contribution in [1.82, 2.24) is 9.88 Å². The summed E-state index contributed by atoms with van der Waals surface area (Å²) in [5, 5.41) is 3.68. The standard InChI is InChI=1S/C21H24ClN3O3/c22-18-12-16(21(26)25-8-10-27-11-9-25)14-24-20(18)23-13-15-4-1-2-7-19(15)28-17-5-3-6-17/h1-2,4,7,12,14,17H,3,5-6,8-11,13H2,(H,23,24). The van der Waals surface area contributed by atoms with Gasteiger partial charge in [0, 0.05) is 31.4 Å². The molecule has 0 bridgehead atoms. The lowest BCUT2D eigenvalue weighted by Crippen LogP contribution is -2.40. The summed E-state index contributed by atoms with van der Waals surface area (Å²) >= 11 is 6.38. The summed E-state index contributed by atoms with van der Waals surface area (Å²) in [6, 6.07) is 9.67. The highest BCUT2D eigenvalue weighted by molar-refractivity contribution is 6.33. The molecular formula is C21H24ClN3O3. The van der Waals surface area contributed by atoms with Crippen LogP contribution >= 0.6 is 11.6 Å². The van der Waals surface area contributed by atoms with Crippen molar-refractivity contribution < 1.29 is 14.3 Å². The van der Waals surface area contributed by atoms with Crippen LogP contribution in [0.4, 0.5) is 5.82 Å². The number of halogens is 1. The van der Waals surface area contributed by atoms with E-state index in [1.807, 2.05) is 24.3 Å². The number of morpholine rings is 1. The van der Waals surface area contributed by atoms with E-state index in [2.05, 4.69) is 10.3 Å². The number of para-hydroxylation sites is 1. The molecule has 2 aromatic rings. The van der Waals surface area contributed by atoms with Gasteiger partial charge >= 0.3 is 0 Å². The Morgan fingerprint density at radius 1 is 1.29 bits per heavy atom. The molecular weight excluding hydrogens is 378 g/mol. The monoisotopic (exact) mass is 401 g/mol. The highest BCUT2D eigenvalue weighted by Gasteiger charge is 2.21. The van der Waals surface area contributed by atoms with E-state index in [4.69, 9.17) is 21.1 Å². The van der Waals surface area contributed by atoms with E-state index in [0.29, 0.717) is 55.4 Å². The third kappa shape index (κ3) is 4.39. The summed E-state index contributed by atoms with van der Waals surface area (Å²) < 4.78 is 11.4. The van der Waals surface area contributed by atoms with Gasteiger partial charge in [-0.2, -0.15) is 0 Å². The number of aromatic nitrogens is 1. The van der Waals surface area contributed by atoms with Gasteiger partial charge in [0.15, 0.2) is 0 Å². The lowest BCUT2D eigenvalue weighted by Gasteiger charge is -2.27. The number of carbonyl (C=O) groups is 1. The molecule has 6 nitrogen and oxygen atoms in total. The molecule has 7 heteroatoms. The first-order chi connectivity index (χ1) is 13.7. The van der Waals surface area contributed by atoms with Crippen LogP contribution in [0, 0.1) is 0 Å². The summed E-state index contributed by atoms with van der Waals surface area (Å²) in [7, 11) is 0. The van der Waals surface area contributed by atoms with Crippen molar-refractivity contribution in [3.05, 3.63) is 52.7 Å². The molecule has 0 spiro atoms. The zero-order chi connectivity index (χ0) is 19.3. The Kier molecular flexibility index (Phi) is 5.98. The molecule has 2 heterocycles. The molecule has 2 aliphatic rings. The van der Waals surface area contributed by atoms with Crippen molar-refractivity contribution in [3.8, 4) is 5.75 Å². The molecule has 1 aromatic carbocycles. The minimum Gasteiger partial charge on any atom is -0.490 e. The van der Waals surface area contributed by atoms with Gasteiger partial charge in [0.25, 0.3) is 5.91 Å². The largest absolute Gasteiger partial charge is 0.490 e. The fraction of sp³-hybridized carbons (Fsp3) is 0.429. The number of nitrogens with zero attached hydrogens (tertiary/aromatic N) is 2. The molecule has 0 atom stereocenters. The van der Waals surface area contributed by atoms with Crippen LogP contribution in [0.2, 0.25) is 5.02 Å². The number of anilines is 1. The van der Waals surface area contributed by atoms with E-state index < -0.39 is 0 Å². The van der Waals surface area contributed by atoms with E-state index in [9.17, 15) is 4.79 Å². The van der Waals surface area contributed by atoms with Crippen LogP contribution in [0.1, 0.15) is 35.2 Å². The van der Waals surface area contributed by atoms with Gasteiger partial charge < -0.3 is 19.7 Å². The predicted molar refractivity (Wildman–Crippen MR) is 108 cm³/mol. The molecule has 0 radical (unpaired) electrons. The van der Waals surface area contributed by atoms with Crippen LogP contribution in [0.15, 0.2) is 36.5 Å². The van der Waals surface area contributed by atoms with Gasteiger partial charge in [-0.1, -0.05) is 29.8 Å². The van der Waals surface area contributed by atoms with Crippen LogP contribution in [0.5, 0.6) is 5.75 Å². The van der Waals surface area contributed by atoms with Crippen molar-refractivity contribution in [2.45, 2.75) is 31.9 Å². The summed E-state index contributed by atoms with van der Waals surface area (Å²) in [6.45, 7) is 2.86. The third-order valence-corrected chi connectivity index (χ3v) is 5.44. The molecule has 2 fully saturated rings. The molecule has 28 heavy (non-hydrogen) atoms. The summed E-state index contributed by atoms with van der Waals surface area (Å²) in [6.07, 6.45) is 5.37. The van der Waals surface area contributed by atoms with Gasteiger partial charge in [-0.3, -0.25) is 4.79 Å². The molecule has 1 N–H and O–H groups in total. The zero-order valence-electron chi connectivity index (χ0n) is 15.7. The van der Waals surface area contributed by atoms with Crippen LogP contribution in [0.25, 0.3) is 0 Å². The Labute approximate surface area is 169 Å². The molecule has 148 valence electrons. The van der Waals surface area contributed by atoms with Crippen LogP contribution in [-0.2, 0) is 11.3 Å². The second kappa shape index (κ2) is 8.80. The van der Waals surface area contributed by atoms with Gasteiger partial charge in [0.2, 0.25) is 0 Å². The highest BCUT2D eigenvalue weighted by atomic mass is 35.5. The average Bonchev–Trinajstić information content (AvgIpc) is 2.70. The average molecular weight is 402 g/mol. The fourth-order valence-corrected chi connectivity index (χ4v) is 3.48. The van der Waals surface area contributed by atoms with Crippen molar-refractivity contribution >= 4 is 23.3 Å². The molecule has 1 aliphatic heterocycles. The number of nitrogens with one attached hydrogen (secondary N) is 1. The van der Waals surface area contributed by atoms with E-state index in [1.54, 1.807) is 17.2 Å². The number of rotatable bonds is 6. The van der Waals surface area contributed by atoms with Gasteiger partial charge in [-0.25, -0.2) is 4.98 Å². The lowest BCUT2D eigenvalue weighted by atomic mass is 9.96. The Hall–Kier alpha value is -2.31. The topological polar surface area (TPSA) is 63.7 Å². The van der Waals surface area contributed by atoms with Gasteiger partial charge in [0.1, 0.15) is 11.6 Å². The smallest absolute Gasteiger partial charge is 0.255 e. The Bertz CT molecular complexity index is 835. The van der Waals surface area contributed by atoms with Gasteiger partial charge in [0.05, 0.1) is 29.9 Å². The third-order valence-electron chi connectivity index (χ3n) is 5.15. The van der Waals surface area contributed by atoms with Crippen molar-refractivity contribution in [1.29, 1.82) is 0 Å². The van der Waals surface area contributed by atoms with Crippen molar-refractivity contribution in [2.75, 3.05) is 31.6 Å². The SMILES string of the molecule is O=C(c1cnc(NCc2ccccc2OC2CCC2)c(Cl)c1)N1CCOCC1. The van der Waals surface area contributed by atoms with Crippen LogP contribution < -0.4 is 10.1 Å². The van der Waals surface area contributed by atoms with Crippen molar-refractivity contribution in [3.63, 3.8) is 0 Å². The summed E-state index contributed by atoms with van der Waals surface area (Å²) in [4.78, 5) is 18.7. The zero-order valence-corrected chi connectivity index (χ0v) is 16.5. The second-order valence-electron chi connectivity index (χ2n) is 7.09. The fourth-order valence-electron chi connectivity index (χ4n) is 3.25. The number of hydrogen-bond acceptors (Lipinski definition) is 5. The molecule has 1 aliphatic carbocycles. The van der Waals surface area contributed by atoms with Crippen molar-refractivity contribution in [2.24, 2.45) is 0 Å². The van der Waals surface area contributed by atoms with Crippen LogP contribution in [-0.4, -0.2) is 48.2 Å². The number of benzene rings is 1. The maximum atomic E-state index is 12.6. The summed E-state index contributed by atoms with van der Waals surface area (Å²) in [5.41, 5.74) is 1.55. The van der Waals surface area contributed by atoms with E-state index in [-0.39, 0.29) is 5.91 Å². The molecule has 1 aromatic heterocycles. The Morgan fingerprint density at radius 3 is 2.79 bits per heavy atom. The first kappa shape index (κ1) is 19.0. The van der Waals surface area contributed by atoms with E-state index in [1.165, 1.54) is 6.42 Å². The predicted octanol–water partition coefficient (Wildman–Crippen LogP) is 3.75. The second-order valence-corrected chi connectivity index (χ2v) is 7.50. The van der Waals surface area contributed by atoms with Gasteiger partial charge in [-0.15, -0.1) is 0 Å². The summed E-state index contributed by atoms with van der Waals surface area (Å²) in [5.74, 6) is 1.39. The minimum absolute atomic E-state index is 0.0662. The quantitative estimate of drug-likeness (QED) is 0.798. The molecule has 0 unspecified atom stereocenters. The molecule has 1 saturated carbocycles. The first-order valence-corrected chi connectivity index (χ1v) is 10.1. The minimum atomic E-state index is -0.0662. The normalized spacial score (nSPS) is 17.1. The highest BCUT2D eigenvalue weighted by Crippen LogP contribution is 2.28. The van der Waals surface area contributed by atoms with E-state index in [0.717, 1.165) is 24.2 Å². The number of amides is 1. The number of hydrogen-bond donors (Lipinski definition) is 1. The van der Waals surface area contributed by atoms with Gasteiger partial charge in [-0.05, 0) is 31.4 Å².